The second-order valence-corrected chi connectivity index (χ2v) is 8.35. The Morgan fingerprint density at radius 3 is 2.77 bits per heavy atom. The lowest BCUT2D eigenvalue weighted by molar-refractivity contribution is 0.155. The monoisotopic (exact) mass is 381 g/mol. The van der Waals surface area contributed by atoms with E-state index in [0.717, 1.165) is 16.7 Å². The van der Waals surface area contributed by atoms with Crippen molar-refractivity contribution in [1.29, 1.82) is 0 Å². The largest absolute Gasteiger partial charge is 0.493 e. The van der Waals surface area contributed by atoms with Gasteiger partial charge in [0.1, 0.15) is 6.10 Å². The van der Waals surface area contributed by atoms with Gasteiger partial charge in [-0.05, 0) is 11.6 Å². The minimum absolute atomic E-state index is 0.336. The Labute approximate surface area is 153 Å². The van der Waals surface area contributed by atoms with Gasteiger partial charge in [0, 0.05) is 44.9 Å². The molecule has 0 aliphatic carbocycles. The maximum Gasteiger partial charge on any atom is 0.408 e. The molecule has 1 aromatic carbocycles. The summed E-state index contributed by atoms with van der Waals surface area (Å²) in [5.74, 6) is 1.27. The highest BCUT2D eigenvalue weighted by atomic mass is 31.2. The summed E-state index contributed by atoms with van der Waals surface area (Å²) in [5.41, 5.74) is 2.80. The Bertz CT molecular complexity index is 769. The first-order valence-electron chi connectivity index (χ1n) is 8.31. The molecule has 142 valence electrons. The molecule has 1 aromatic rings. The van der Waals surface area contributed by atoms with E-state index in [4.69, 9.17) is 18.5 Å². The summed E-state index contributed by atoms with van der Waals surface area (Å²) in [6.07, 6.45) is 2.79. The third-order valence-corrected chi connectivity index (χ3v) is 6.65. The van der Waals surface area contributed by atoms with Crippen LogP contribution in [0.1, 0.15) is 17.5 Å². The van der Waals surface area contributed by atoms with Crippen molar-refractivity contribution in [3.8, 4) is 11.5 Å². The van der Waals surface area contributed by atoms with E-state index in [9.17, 15) is 9.67 Å². The molecule has 8 heteroatoms. The first kappa shape index (κ1) is 19.1. The number of ether oxygens (including phenoxy) is 2. The number of aliphatic hydroxyl groups excluding tert-OH is 1. The predicted octanol–water partition coefficient (Wildman–Crippen LogP) is 2.99. The van der Waals surface area contributed by atoms with Gasteiger partial charge in [0.15, 0.2) is 11.5 Å². The van der Waals surface area contributed by atoms with Gasteiger partial charge in [0.25, 0.3) is 0 Å². The fourth-order valence-corrected chi connectivity index (χ4v) is 4.60. The predicted molar refractivity (Wildman–Crippen MR) is 98.2 cm³/mol. The van der Waals surface area contributed by atoms with E-state index in [-0.39, 0.29) is 6.10 Å². The summed E-state index contributed by atoms with van der Waals surface area (Å²) in [5, 5.41) is 10.0. The van der Waals surface area contributed by atoms with Gasteiger partial charge in [-0.1, -0.05) is 18.2 Å². The van der Waals surface area contributed by atoms with E-state index < -0.39 is 13.9 Å². The quantitative estimate of drug-likeness (QED) is 0.575. The lowest BCUT2D eigenvalue weighted by Crippen LogP contribution is -2.22. The van der Waals surface area contributed by atoms with Crippen molar-refractivity contribution in [2.24, 2.45) is 0 Å². The SMILES string of the molecule is C=CC(O)CC1Oc2c(OC)ccc3c2C1=CCN(P(=O)(OC)OC)C3. The van der Waals surface area contributed by atoms with Crippen LogP contribution < -0.4 is 9.47 Å². The van der Waals surface area contributed by atoms with Crippen LogP contribution in [0.25, 0.3) is 5.57 Å². The number of rotatable bonds is 7. The van der Waals surface area contributed by atoms with Crippen LogP contribution >= 0.6 is 7.75 Å². The molecule has 2 atom stereocenters. The number of hydrogen-bond acceptors (Lipinski definition) is 6. The van der Waals surface area contributed by atoms with Crippen LogP contribution in [-0.2, 0) is 20.2 Å². The maximum atomic E-state index is 12.8. The van der Waals surface area contributed by atoms with Crippen LogP contribution in [0.5, 0.6) is 11.5 Å². The van der Waals surface area contributed by atoms with Gasteiger partial charge in [-0.25, -0.2) is 9.24 Å². The minimum Gasteiger partial charge on any atom is -0.493 e. The Hall–Kier alpha value is -1.63. The molecule has 2 aliphatic rings. The molecule has 7 nitrogen and oxygen atoms in total. The second-order valence-electron chi connectivity index (χ2n) is 6.12. The summed E-state index contributed by atoms with van der Waals surface area (Å²) in [6, 6.07) is 3.75. The van der Waals surface area contributed by atoms with Gasteiger partial charge in [0.05, 0.1) is 13.2 Å². The molecular formula is C18H24NO6P. The average molecular weight is 381 g/mol. The number of nitrogens with zero attached hydrogens (tertiary/aromatic N) is 1. The molecule has 0 aromatic heterocycles. The van der Waals surface area contributed by atoms with Crippen molar-refractivity contribution in [1.82, 2.24) is 4.67 Å². The standard InChI is InChI=1S/C18H24NO6P/c1-5-13(20)10-16-14-8-9-19(26(21,23-3)24-4)11-12-6-7-15(22-2)18(25-16)17(12)14/h5-8,13,16,20H,1,9-11H2,2-4H3. The molecule has 0 saturated carbocycles. The average Bonchev–Trinajstić information content (AvgIpc) is 2.89. The minimum atomic E-state index is -3.38. The van der Waals surface area contributed by atoms with Gasteiger partial charge in [-0.3, -0.25) is 9.05 Å². The van der Waals surface area contributed by atoms with E-state index in [2.05, 4.69) is 6.58 Å². The van der Waals surface area contributed by atoms with Crippen molar-refractivity contribution in [3.05, 3.63) is 42.0 Å². The third-order valence-electron chi connectivity index (χ3n) is 4.73. The third kappa shape index (κ3) is 3.21. The molecule has 26 heavy (non-hydrogen) atoms. The summed E-state index contributed by atoms with van der Waals surface area (Å²) in [4.78, 5) is 0. The van der Waals surface area contributed by atoms with Crippen molar-refractivity contribution in [3.63, 3.8) is 0 Å². The topological polar surface area (TPSA) is 77.5 Å². The van der Waals surface area contributed by atoms with Crippen LogP contribution in [0.4, 0.5) is 0 Å². The Kier molecular flexibility index (Phi) is 5.55. The van der Waals surface area contributed by atoms with Gasteiger partial charge in [-0.2, -0.15) is 0 Å². The molecule has 0 amide bonds. The highest BCUT2D eigenvalue weighted by Gasteiger charge is 2.39. The molecular weight excluding hydrogens is 357 g/mol. The van der Waals surface area contributed by atoms with E-state index in [1.165, 1.54) is 20.3 Å². The van der Waals surface area contributed by atoms with Crippen molar-refractivity contribution < 1.29 is 28.2 Å². The molecule has 0 fully saturated rings. The Morgan fingerprint density at radius 2 is 2.15 bits per heavy atom. The molecule has 2 heterocycles. The molecule has 0 radical (unpaired) electrons. The lowest BCUT2D eigenvalue weighted by atomic mass is 9.95. The fourth-order valence-electron chi connectivity index (χ4n) is 3.38. The molecule has 3 rings (SSSR count). The van der Waals surface area contributed by atoms with Crippen molar-refractivity contribution >= 4 is 13.3 Å². The Morgan fingerprint density at radius 1 is 1.42 bits per heavy atom. The number of benzene rings is 1. The normalized spacial score (nSPS) is 20.6. The van der Waals surface area contributed by atoms with Gasteiger partial charge in [-0.15, -0.1) is 6.58 Å². The highest BCUT2D eigenvalue weighted by molar-refractivity contribution is 7.51. The summed E-state index contributed by atoms with van der Waals surface area (Å²) in [7, 11) is 0.956. The van der Waals surface area contributed by atoms with Gasteiger partial charge < -0.3 is 14.6 Å². The van der Waals surface area contributed by atoms with Gasteiger partial charge >= 0.3 is 7.75 Å². The van der Waals surface area contributed by atoms with Crippen LogP contribution in [0.15, 0.2) is 30.9 Å². The van der Waals surface area contributed by atoms with E-state index >= 15 is 0 Å². The fraction of sp³-hybridized carbons (Fsp3) is 0.444. The molecule has 2 aliphatic heterocycles. The van der Waals surface area contributed by atoms with Crippen LogP contribution in [0.3, 0.4) is 0 Å². The summed E-state index contributed by atoms with van der Waals surface area (Å²) < 4.78 is 36.4. The first-order valence-corrected chi connectivity index (χ1v) is 9.81. The van der Waals surface area contributed by atoms with E-state index in [1.54, 1.807) is 11.8 Å². The van der Waals surface area contributed by atoms with Crippen LogP contribution in [0.2, 0.25) is 0 Å². The highest BCUT2D eigenvalue weighted by Crippen LogP contribution is 2.55. The first-order chi connectivity index (χ1) is 12.5. The lowest BCUT2D eigenvalue weighted by Gasteiger charge is -2.26. The molecule has 0 spiro atoms. The van der Waals surface area contributed by atoms with Gasteiger partial charge in [0.2, 0.25) is 0 Å². The summed E-state index contributed by atoms with van der Waals surface area (Å²) >= 11 is 0. The number of hydrogen-bond donors (Lipinski definition) is 1. The number of methoxy groups -OCH3 is 1. The van der Waals surface area contributed by atoms with Crippen LogP contribution in [-0.4, -0.2) is 49.9 Å². The van der Waals surface area contributed by atoms with Crippen molar-refractivity contribution in [2.75, 3.05) is 27.9 Å². The second kappa shape index (κ2) is 7.55. The molecule has 0 saturated heterocycles. The molecule has 2 unspecified atom stereocenters. The smallest absolute Gasteiger partial charge is 0.408 e. The van der Waals surface area contributed by atoms with Crippen molar-refractivity contribution in [2.45, 2.75) is 25.2 Å². The zero-order valence-corrected chi connectivity index (χ0v) is 16.1. The zero-order chi connectivity index (χ0) is 18.9. The maximum absolute atomic E-state index is 12.8. The Balaban J connectivity index is 2.06. The van der Waals surface area contributed by atoms with Crippen LogP contribution in [0, 0.1) is 0 Å². The van der Waals surface area contributed by atoms with E-state index in [0.29, 0.717) is 31.0 Å². The number of aliphatic hydroxyl groups is 1. The summed E-state index contributed by atoms with van der Waals surface area (Å²) in [6.45, 7) is 4.38. The zero-order valence-electron chi connectivity index (χ0n) is 15.2. The molecule has 1 N–H and O–H groups in total. The van der Waals surface area contributed by atoms with E-state index in [1.807, 2.05) is 18.2 Å². The molecule has 0 bridgehead atoms.